The lowest BCUT2D eigenvalue weighted by molar-refractivity contribution is -0.139. The van der Waals surface area contributed by atoms with Crippen LogP contribution in [-0.4, -0.2) is 57.8 Å². The highest BCUT2D eigenvalue weighted by Crippen LogP contribution is 2.34. The number of fused-ring (bicyclic) bond motifs is 1. The Balaban J connectivity index is 1.35. The summed E-state index contributed by atoms with van der Waals surface area (Å²) in [5, 5.41) is 24.6. The van der Waals surface area contributed by atoms with Crippen molar-refractivity contribution in [3.8, 4) is 5.75 Å². The Kier molecular flexibility index (Phi) is 8.48. The van der Waals surface area contributed by atoms with Crippen LogP contribution in [0.3, 0.4) is 0 Å². The van der Waals surface area contributed by atoms with Crippen molar-refractivity contribution in [3.63, 3.8) is 0 Å². The maximum Gasteiger partial charge on any atom is 0.303 e. The average molecular weight is 484 g/mol. The van der Waals surface area contributed by atoms with Gasteiger partial charge in [0.15, 0.2) is 0 Å². The molecule has 0 spiro atoms. The van der Waals surface area contributed by atoms with Crippen LogP contribution < -0.4 is 4.74 Å². The number of hydrogen-bond donors (Lipinski definition) is 2. The van der Waals surface area contributed by atoms with Gasteiger partial charge in [-0.15, -0.1) is 11.3 Å². The van der Waals surface area contributed by atoms with Crippen molar-refractivity contribution in [2.24, 2.45) is 11.8 Å². The van der Waals surface area contributed by atoms with Crippen LogP contribution in [-0.2, 0) is 11.2 Å². The van der Waals surface area contributed by atoms with Gasteiger partial charge in [-0.2, -0.15) is 0 Å². The molecule has 3 atom stereocenters. The van der Waals surface area contributed by atoms with Crippen LogP contribution in [0.15, 0.2) is 42.0 Å². The smallest absolute Gasteiger partial charge is 0.303 e. The van der Waals surface area contributed by atoms with Crippen LogP contribution in [0, 0.1) is 11.8 Å². The molecule has 4 rings (SSSR count). The Morgan fingerprint density at radius 2 is 2.15 bits per heavy atom. The second-order valence-electron chi connectivity index (χ2n) is 9.11. The van der Waals surface area contributed by atoms with Crippen molar-refractivity contribution >= 4 is 28.2 Å². The number of carboxylic acid groups (broad SMARTS) is 1. The van der Waals surface area contributed by atoms with E-state index in [4.69, 9.17) is 4.74 Å². The van der Waals surface area contributed by atoms with Gasteiger partial charge >= 0.3 is 5.97 Å². The maximum absolute atomic E-state index is 11.6. The molecule has 1 saturated heterocycles. The lowest BCUT2D eigenvalue weighted by atomic mass is 9.79. The first-order valence-corrected chi connectivity index (χ1v) is 12.8. The summed E-state index contributed by atoms with van der Waals surface area (Å²) in [5.41, 5.74) is 1.67. The highest BCUT2D eigenvalue weighted by atomic mass is 32.1. The number of likely N-dealkylation sites (tertiary alicyclic amines) is 1. The van der Waals surface area contributed by atoms with Gasteiger partial charge in [-0.3, -0.25) is 9.78 Å². The highest BCUT2D eigenvalue weighted by molar-refractivity contribution is 7.09. The van der Waals surface area contributed by atoms with Crippen LogP contribution in [0.25, 0.3) is 10.9 Å². The number of ether oxygens (including phenoxy) is 1. The number of benzene rings is 1. The Morgan fingerprint density at radius 1 is 1.26 bits per heavy atom. The molecule has 8 heteroatoms. The van der Waals surface area contributed by atoms with E-state index in [1.165, 1.54) is 0 Å². The van der Waals surface area contributed by atoms with Gasteiger partial charge in [0.25, 0.3) is 0 Å². The first-order chi connectivity index (χ1) is 16.5. The minimum Gasteiger partial charge on any atom is -0.497 e. The number of carbonyl (C=O) groups is 1. The monoisotopic (exact) mass is 483 g/mol. The fourth-order valence-electron chi connectivity index (χ4n) is 5.12. The molecule has 0 saturated carbocycles. The highest BCUT2D eigenvalue weighted by Gasteiger charge is 2.31. The largest absolute Gasteiger partial charge is 0.497 e. The Morgan fingerprint density at radius 3 is 2.91 bits per heavy atom. The zero-order valence-corrected chi connectivity index (χ0v) is 20.4. The zero-order valence-electron chi connectivity index (χ0n) is 19.6. The molecule has 34 heavy (non-hydrogen) atoms. The van der Waals surface area contributed by atoms with E-state index in [-0.39, 0.29) is 12.3 Å². The molecule has 1 aliphatic rings. The van der Waals surface area contributed by atoms with E-state index in [2.05, 4.69) is 14.9 Å². The SMILES string of the molecule is COc1ccc2nccc([C@@H](O)CC[C@@H]3CCN(CCCc4nccs4)C[C@@H]3CC(=O)O)c2c1. The Hall–Kier alpha value is -2.55. The van der Waals surface area contributed by atoms with E-state index in [1.54, 1.807) is 24.6 Å². The predicted octanol–water partition coefficient (Wildman–Crippen LogP) is 4.56. The number of methoxy groups -OCH3 is 1. The van der Waals surface area contributed by atoms with Crippen molar-refractivity contribution in [2.75, 3.05) is 26.7 Å². The molecule has 3 heterocycles. The lowest BCUT2D eigenvalue weighted by Crippen LogP contribution is -2.42. The fourth-order valence-corrected chi connectivity index (χ4v) is 5.78. The number of aliphatic hydroxyl groups is 1. The Bertz CT molecular complexity index is 1080. The minimum absolute atomic E-state index is 0.104. The number of aliphatic hydroxyl groups excluding tert-OH is 1. The van der Waals surface area contributed by atoms with Crippen LogP contribution >= 0.6 is 11.3 Å². The topological polar surface area (TPSA) is 95.8 Å². The molecule has 2 N–H and O–H groups in total. The van der Waals surface area contributed by atoms with E-state index in [0.717, 1.165) is 72.5 Å². The van der Waals surface area contributed by atoms with Crippen LogP contribution in [0.2, 0.25) is 0 Å². The molecule has 0 aliphatic carbocycles. The molecule has 7 nitrogen and oxygen atoms in total. The number of thiazole rings is 1. The van der Waals surface area contributed by atoms with Crippen LogP contribution in [0.4, 0.5) is 0 Å². The molecule has 1 aromatic carbocycles. The summed E-state index contributed by atoms with van der Waals surface area (Å²) in [6.07, 6.45) is 7.50. The predicted molar refractivity (Wildman–Crippen MR) is 133 cm³/mol. The summed E-state index contributed by atoms with van der Waals surface area (Å²) in [6.45, 7) is 2.75. The molecule has 0 unspecified atom stereocenters. The third kappa shape index (κ3) is 6.31. The summed E-state index contributed by atoms with van der Waals surface area (Å²) in [4.78, 5) is 22.7. The molecule has 0 radical (unpaired) electrons. The molecule has 1 fully saturated rings. The quantitative estimate of drug-likeness (QED) is 0.413. The molecule has 2 aromatic heterocycles. The molecule has 0 amide bonds. The average Bonchev–Trinajstić information content (AvgIpc) is 3.36. The van der Waals surface area contributed by atoms with Crippen molar-refractivity contribution in [2.45, 2.75) is 44.6 Å². The van der Waals surface area contributed by atoms with Crippen LogP contribution in [0.1, 0.15) is 48.8 Å². The lowest BCUT2D eigenvalue weighted by Gasteiger charge is -2.38. The van der Waals surface area contributed by atoms with Gasteiger partial charge in [0.05, 0.1) is 23.7 Å². The number of aliphatic carboxylic acids is 1. The van der Waals surface area contributed by atoms with E-state index >= 15 is 0 Å². The maximum atomic E-state index is 11.6. The number of nitrogens with zero attached hydrogens (tertiary/aromatic N) is 3. The van der Waals surface area contributed by atoms with Crippen LogP contribution in [0.5, 0.6) is 5.75 Å². The number of hydrogen-bond acceptors (Lipinski definition) is 7. The normalized spacial score (nSPS) is 19.8. The van der Waals surface area contributed by atoms with Gasteiger partial charge in [-0.1, -0.05) is 0 Å². The summed E-state index contributed by atoms with van der Waals surface area (Å²) >= 11 is 1.69. The fraction of sp³-hybridized carbons (Fsp3) is 0.500. The molecule has 0 bridgehead atoms. The number of aromatic nitrogens is 2. The van der Waals surface area contributed by atoms with E-state index in [1.807, 2.05) is 35.8 Å². The number of pyridine rings is 1. The van der Waals surface area contributed by atoms with Gasteiger partial charge in [-0.25, -0.2) is 4.98 Å². The van der Waals surface area contributed by atoms with E-state index < -0.39 is 12.1 Å². The molecular formula is C26H33N3O4S. The Labute approximate surface area is 204 Å². The minimum atomic E-state index is -0.743. The molecule has 3 aromatic rings. The summed E-state index contributed by atoms with van der Waals surface area (Å²) < 4.78 is 5.35. The number of aryl methyl sites for hydroxylation is 1. The first kappa shape index (κ1) is 24.6. The van der Waals surface area contributed by atoms with Gasteiger partial charge < -0.3 is 19.8 Å². The van der Waals surface area contributed by atoms with Gasteiger partial charge in [-0.05, 0) is 80.4 Å². The van der Waals surface area contributed by atoms with Crippen molar-refractivity contribution in [1.29, 1.82) is 0 Å². The van der Waals surface area contributed by atoms with Crippen molar-refractivity contribution in [3.05, 3.63) is 52.6 Å². The summed E-state index contributed by atoms with van der Waals surface area (Å²) in [5.74, 6) is 0.390. The summed E-state index contributed by atoms with van der Waals surface area (Å²) in [6, 6.07) is 7.55. The second kappa shape index (κ2) is 11.7. The van der Waals surface area contributed by atoms with Gasteiger partial charge in [0, 0.05) is 42.5 Å². The third-order valence-electron chi connectivity index (χ3n) is 6.91. The standard InChI is InChI=1S/C26H33N3O4S/c1-33-20-5-6-23-22(16-20)21(8-10-27-23)24(30)7-4-18-9-13-29(17-19(18)15-26(31)32)12-2-3-25-28-11-14-34-25/h5-6,8,10-11,14,16,18-19,24,30H,2-4,7,9,12-13,15,17H2,1H3,(H,31,32)/t18-,19+,24+/m1/s1. The van der Waals surface area contributed by atoms with E-state index in [0.29, 0.717) is 12.3 Å². The molecule has 1 aliphatic heterocycles. The first-order valence-electron chi connectivity index (χ1n) is 12.0. The zero-order chi connectivity index (χ0) is 23.9. The number of rotatable bonds is 11. The third-order valence-corrected chi connectivity index (χ3v) is 7.75. The number of piperidine rings is 1. The van der Waals surface area contributed by atoms with Gasteiger partial charge in [0.2, 0.25) is 0 Å². The molecular weight excluding hydrogens is 450 g/mol. The van der Waals surface area contributed by atoms with Crippen molar-refractivity contribution < 1.29 is 19.7 Å². The van der Waals surface area contributed by atoms with E-state index in [9.17, 15) is 15.0 Å². The second-order valence-corrected chi connectivity index (χ2v) is 10.1. The molecule has 182 valence electrons. The van der Waals surface area contributed by atoms with Crippen molar-refractivity contribution in [1.82, 2.24) is 14.9 Å². The number of carboxylic acids is 1. The summed E-state index contributed by atoms with van der Waals surface area (Å²) in [7, 11) is 1.63. The van der Waals surface area contributed by atoms with Gasteiger partial charge in [0.1, 0.15) is 5.75 Å².